The van der Waals surface area contributed by atoms with Crippen LogP contribution in [0.15, 0.2) is 41.9 Å². The summed E-state index contributed by atoms with van der Waals surface area (Å²) in [5, 5.41) is 2.14. The molecule has 5 heteroatoms. The molecular formula is C17H20N2O2S. The molecule has 2 aliphatic rings. The van der Waals surface area contributed by atoms with E-state index in [1.165, 1.54) is 4.88 Å². The number of hydrogen-bond acceptors (Lipinski definition) is 5. The first-order valence-corrected chi connectivity index (χ1v) is 8.66. The topological polar surface area (TPSA) is 34.6 Å². The third kappa shape index (κ3) is 3.02. The molecule has 2 aromatic rings. The van der Waals surface area contributed by atoms with Crippen LogP contribution in [0.5, 0.6) is 5.88 Å². The average molecular weight is 316 g/mol. The van der Waals surface area contributed by atoms with Crippen molar-refractivity contribution in [1.82, 2.24) is 9.88 Å². The van der Waals surface area contributed by atoms with E-state index in [1.807, 2.05) is 29.5 Å². The molecule has 1 atom stereocenters. The minimum Gasteiger partial charge on any atom is -0.474 e. The van der Waals surface area contributed by atoms with E-state index in [0.717, 1.165) is 45.0 Å². The monoisotopic (exact) mass is 316 g/mol. The average Bonchev–Trinajstić information content (AvgIpc) is 3.00. The molecule has 0 amide bonds. The Bertz CT molecular complexity index is 596. The predicted octanol–water partition coefficient (Wildman–Crippen LogP) is 2.96. The highest BCUT2D eigenvalue weighted by Gasteiger charge is 2.48. The fourth-order valence-electron chi connectivity index (χ4n) is 3.39. The Kier molecular flexibility index (Phi) is 3.86. The molecule has 0 N–H and O–H groups in total. The molecule has 0 aromatic carbocycles. The van der Waals surface area contributed by atoms with Gasteiger partial charge in [0.2, 0.25) is 5.88 Å². The summed E-state index contributed by atoms with van der Waals surface area (Å²) in [7, 11) is 0. The highest BCUT2D eigenvalue weighted by Crippen LogP contribution is 2.36. The Morgan fingerprint density at radius 3 is 3.05 bits per heavy atom. The summed E-state index contributed by atoms with van der Waals surface area (Å²) in [6.45, 7) is 3.83. The molecule has 4 heterocycles. The molecule has 116 valence electrons. The Morgan fingerprint density at radius 2 is 2.27 bits per heavy atom. The summed E-state index contributed by atoms with van der Waals surface area (Å²) in [6, 6.07) is 10.1. The van der Waals surface area contributed by atoms with E-state index in [1.54, 1.807) is 6.20 Å². The van der Waals surface area contributed by atoms with Gasteiger partial charge in [0.05, 0.1) is 12.2 Å². The summed E-state index contributed by atoms with van der Waals surface area (Å²) in [5.41, 5.74) is -0.00500. The first kappa shape index (κ1) is 14.2. The largest absolute Gasteiger partial charge is 0.474 e. The lowest BCUT2D eigenvalue weighted by Crippen LogP contribution is -2.65. The van der Waals surface area contributed by atoms with Crippen LogP contribution in [0.2, 0.25) is 0 Å². The van der Waals surface area contributed by atoms with E-state index in [-0.39, 0.29) is 11.7 Å². The van der Waals surface area contributed by atoms with E-state index in [4.69, 9.17) is 9.47 Å². The van der Waals surface area contributed by atoms with Gasteiger partial charge in [0.25, 0.3) is 0 Å². The van der Waals surface area contributed by atoms with Crippen molar-refractivity contribution in [3.05, 3.63) is 46.8 Å². The lowest BCUT2D eigenvalue weighted by atomic mass is 9.84. The number of nitrogens with zero attached hydrogens (tertiary/aromatic N) is 2. The maximum Gasteiger partial charge on any atom is 0.213 e. The van der Waals surface area contributed by atoms with Gasteiger partial charge in [-0.25, -0.2) is 4.98 Å². The molecule has 2 saturated heterocycles. The second-order valence-corrected chi connectivity index (χ2v) is 7.19. The van der Waals surface area contributed by atoms with E-state index >= 15 is 0 Å². The number of rotatable bonds is 4. The van der Waals surface area contributed by atoms with E-state index in [9.17, 15) is 0 Å². The minimum absolute atomic E-state index is 0.00500. The molecular weight excluding hydrogens is 296 g/mol. The van der Waals surface area contributed by atoms with Crippen molar-refractivity contribution in [2.75, 3.05) is 19.7 Å². The number of hydrogen-bond donors (Lipinski definition) is 0. The van der Waals surface area contributed by atoms with Gasteiger partial charge in [-0.2, -0.15) is 0 Å². The standard InChI is InChI=1S/C17H20N2O2S/c1-2-7-18-16(5-1)21-14-6-8-20-17(10-14)12-19(13-17)11-15-4-3-9-22-15/h1-5,7,9,14H,6,8,10-13H2. The van der Waals surface area contributed by atoms with Gasteiger partial charge in [0, 0.05) is 49.6 Å². The summed E-state index contributed by atoms with van der Waals surface area (Å²) < 4.78 is 12.1. The summed E-state index contributed by atoms with van der Waals surface area (Å²) in [4.78, 5) is 8.13. The smallest absolute Gasteiger partial charge is 0.213 e. The number of thiophene rings is 1. The van der Waals surface area contributed by atoms with Gasteiger partial charge in [-0.15, -0.1) is 11.3 Å². The molecule has 0 bridgehead atoms. The fraction of sp³-hybridized carbons (Fsp3) is 0.471. The van der Waals surface area contributed by atoms with Crippen molar-refractivity contribution in [3.8, 4) is 5.88 Å². The molecule has 0 radical (unpaired) electrons. The molecule has 1 unspecified atom stereocenters. The number of aromatic nitrogens is 1. The van der Waals surface area contributed by atoms with Crippen LogP contribution in [-0.4, -0.2) is 41.3 Å². The maximum atomic E-state index is 6.08. The molecule has 4 nitrogen and oxygen atoms in total. The van der Waals surface area contributed by atoms with Crippen molar-refractivity contribution >= 4 is 11.3 Å². The highest BCUT2D eigenvalue weighted by atomic mass is 32.1. The van der Waals surface area contributed by atoms with Gasteiger partial charge < -0.3 is 9.47 Å². The second-order valence-electron chi connectivity index (χ2n) is 6.16. The summed E-state index contributed by atoms with van der Waals surface area (Å²) >= 11 is 1.82. The zero-order valence-corrected chi connectivity index (χ0v) is 13.3. The Hall–Kier alpha value is -1.43. The lowest BCUT2D eigenvalue weighted by molar-refractivity contribution is -0.188. The first-order chi connectivity index (χ1) is 10.8. The van der Waals surface area contributed by atoms with Crippen molar-refractivity contribution in [2.24, 2.45) is 0 Å². The minimum atomic E-state index is -0.00500. The highest BCUT2D eigenvalue weighted by molar-refractivity contribution is 7.09. The van der Waals surface area contributed by atoms with Crippen molar-refractivity contribution in [2.45, 2.75) is 31.1 Å². The summed E-state index contributed by atoms with van der Waals surface area (Å²) in [5.74, 6) is 0.722. The maximum absolute atomic E-state index is 6.08. The number of ether oxygens (including phenoxy) is 2. The molecule has 4 rings (SSSR count). The Balaban J connectivity index is 1.32. The number of likely N-dealkylation sites (tertiary alicyclic amines) is 1. The zero-order valence-electron chi connectivity index (χ0n) is 12.5. The molecule has 2 fully saturated rings. The van der Waals surface area contributed by atoms with Crippen LogP contribution in [0.25, 0.3) is 0 Å². The van der Waals surface area contributed by atoms with Crippen molar-refractivity contribution in [3.63, 3.8) is 0 Å². The van der Waals surface area contributed by atoms with Crippen LogP contribution in [0.3, 0.4) is 0 Å². The van der Waals surface area contributed by atoms with Crippen LogP contribution < -0.4 is 4.74 Å². The molecule has 0 saturated carbocycles. The normalized spacial score (nSPS) is 24.1. The third-order valence-electron chi connectivity index (χ3n) is 4.36. The SMILES string of the molecule is c1ccc(OC2CCOC3(C2)CN(Cc2cccs2)C3)nc1. The Morgan fingerprint density at radius 1 is 1.32 bits per heavy atom. The van der Waals surface area contributed by atoms with Crippen LogP contribution in [-0.2, 0) is 11.3 Å². The quantitative estimate of drug-likeness (QED) is 0.868. The lowest BCUT2D eigenvalue weighted by Gasteiger charge is -2.53. The first-order valence-electron chi connectivity index (χ1n) is 7.78. The van der Waals surface area contributed by atoms with Gasteiger partial charge in [-0.3, -0.25) is 4.90 Å². The zero-order chi connectivity index (χ0) is 14.8. The van der Waals surface area contributed by atoms with Crippen molar-refractivity contribution < 1.29 is 9.47 Å². The van der Waals surface area contributed by atoms with Crippen LogP contribution in [0.1, 0.15) is 17.7 Å². The van der Waals surface area contributed by atoms with Gasteiger partial charge in [0.1, 0.15) is 6.10 Å². The number of pyridine rings is 1. The molecule has 0 aliphatic carbocycles. The van der Waals surface area contributed by atoms with Gasteiger partial charge in [0.15, 0.2) is 0 Å². The van der Waals surface area contributed by atoms with Gasteiger partial charge in [-0.05, 0) is 17.5 Å². The fourth-order valence-corrected chi connectivity index (χ4v) is 4.14. The van der Waals surface area contributed by atoms with Crippen LogP contribution >= 0.6 is 11.3 Å². The summed E-state index contributed by atoms with van der Waals surface area (Å²) in [6.07, 6.45) is 3.90. The third-order valence-corrected chi connectivity index (χ3v) is 5.22. The van der Waals surface area contributed by atoms with Gasteiger partial charge >= 0.3 is 0 Å². The van der Waals surface area contributed by atoms with E-state index in [2.05, 4.69) is 27.4 Å². The second kappa shape index (κ2) is 5.99. The Labute approximate surface area is 134 Å². The molecule has 2 aliphatic heterocycles. The molecule has 1 spiro atoms. The molecule has 22 heavy (non-hydrogen) atoms. The van der Waals surface area contributed by atoms with Gasteiger partial charge in [-0.1, -0.05) is 12.1 Å². The van der Waals surface area contributed by atoms with E-state index in [0.29, 0.717) is 0 Å². The van der Waals surface area contributed by atoms with Crippen LogP contribution in [0.4, 0.5) is 0 Å². The van der Waals surface area contributed by atoms with E-state index < -0.39 is 0 Å². The van der Waals surface area contributed by atoms with Crippen molar-refractivity contribution in [1.29, 1.82) is 0 Å². The predicted molar refractivity (Wildman–Crippen MR) is 86.2 cm³/mol. The van der Waals surface area contributed by atoms with Crippen LogP contribution in [0, 0.1) is 0 Å². The molecule has 2 aromatic heterocycles.